The molecule has 1 rings (SSSR count). The van der Waals surface area contributed by atoms with Gasteiger partial charge in [0.25, 0.3) is 5.91 Å². The number of rotatable bonds is 5. The maximum absolute atomic E-state index is 12.0. The van der Waals surface area contributed by atoms with E-state index in [1.54, 1.807) is 0 Å². The second-order valence-electron chi connectivity index (χ2n) is 3.97. The van der Waals surface area contributed by atoms with Gasteiger partial charge in [0, 0.05) is 12.1 Å². The Bertz CT molecular complexity index is 384. The fourth-order valence-electron chi connectivity index (χ4n) is 1.54. The van der Waals surface area contributed by atoms with Crippen molar-refractivity contribution in [3.63, 3.8) is 0 Å². The lowest BCUT2D eigenvalue weighted by Gasteiger charge is -2.30. The predicted octanol–water partition coefficient (Wildman–Crippen LogP) is 2.31. The van der Waals surface area contributed by atoms with Gasteiger partial charge in [0.1, 0.15) is 5.75 Å². The highest BCUT2D eigenvalue weighted by Crippen LogP contribution is 2.20. The minimum Gasteiger partial charge on any atom is -0.505 e. The van der Waals surface area contributed by atoms with E-state index in [2.05, 4.69) is 10.3 Å². The van der Waals surface area contributed by atoms with Gasteiger partial charge in [-0.1, -0.05) is 13.8 Å². The standard InChI is InChI=1S/C12H17ClN2O2/c1-3-12(4-2,8-13)15-11(17)9-5-6-14-7-10(9)16/h5-7,16H,3-4,8H2,1-2H3,(H,15,17). The Labute approximate surface area is 106 Å². The summed E-state index contributed by atoms with van der Waals surface area (Å²) < 4.78 is 0. The van der Waals surface area contributed by atoms with Crippen molar-refractivity contribution in [1.82, 2.24) is 10.3 Å². The number of hydrogen-bond donors (Lipinski definition) is 2. The summed E-state index contributed by atoms with van der Waals surface area (Å²) in [6.45, 7) is 3.94. The van der Waals surface area contributed by atoms with Gasteiger partial charge in [0.2, 0.25) is 0 Å². The monoisotopic (exact) mass is 256 g/mol. The summed E-state index contributed by atoms with van der Waals surface area (Å²) in [5.41, 5.74) is -0.203. The maximum atomic E-state index is 12.0. The highest BCUT2D eigenvalue weighted by Gasteiger charge is 2.28. The Morgan fingerprint density at radius 2 is 2.18 bits per heavy atom. The van der Waals surface area contributed by atoms with Crippen molar-refractivity contribution in [1.29, 1.82) is 0 Å². The van der Waals surface area contributed by atoms with Crippen molar-refractivity contribution in [2.45, 2.75) is 32.2 Å². The van der Waals surface area contributed by atoms with Gasteiger partial charge < -0.3 is 10.4 Å². The molecule has 17 heavy (non-hydrogen) atoms. The van der Waals surface area contributed by atoms with Gasteiger partial charge in [-0.3, -0.25) is 9.78 Å². The molecule has 0 atom stereocenters. The molecule has 1 amide bonds. The molecule has 5 heteroatoms. The van der Waals surface area contributed by atoms with E-state index >= 15 is 0 Å². The quantitative estimate of drug-likeness (QED) is 0.795. The third-order valence-corrected chi connectivity index (χ3v) is 3.54. The molecule has 0 unspecified atom stereocenters. The van der Waals surface area contributed by atoms with Crippen molar-refractivity contribution in [3.05, 3.63) is 24.0 Å². The van der Waals surface area contributed by atoms with Crippen LogP contribution in [0, 0.1) is 0 Å². The Balaban J connectivity index is 2.89. The van der Waals surface area contributed by atoms with Gasteiger partial charge in [0.05, 0.1) is 17.3 Å². The van der Waals surface area contributed by atoms with Crippen LogP contribution in [0.3, 0.4) is 0 Å². The van der Waals surface area contributed by atoms with Crippen LogP contribution in [0.5, 0.6) is 5.75 Å². The van der Waals surface area contributed by atoms with E-state index in [-0.39, 0.29) is 17.2 Å². The summed E-state index contributed by atoms with van der Waals surface area (Å²) in [5, 5.41) is 12.4. The lowest BCUT2D eigenvalue weighted by atomic mass is 9.94. The van der Waals surface area contributed by atoms with Crippen LogP contribution in [-0.2, 0) is 0 Å². The molecular weight excluding hydrogens is 240 g/mol. The van der Waals surface area contributed by atoms with Gasteiger partial charge in [0.15, 0.2) is 0 Å². The molecule has 0 saturated heterocycles. The zero-order valence-corrected chi connectivity index (χ0v) is 10.8. The normalized spacial score (nSPS) is 11.2. The molecule has 0 aliphatic heterocycles. The molecule has 0 saturated carbocycles. The molecule has 4 nitrogen and oxygen atoms in total. The number of nitrogens with one attached hydrogen (secondary N) is 1. The first kappa shape index (κ1) is 13.8. The molecule has 94 valence electrons. The summed E-state index contributed by atoms with van der Waals surface area (Å²) in [7, 11) is 0. The number of hydrogen-bond acceptors (Lipinski definition) is 3. The molecular formula is C12H17ClN2O2. The minimum absolute atomic E-state index is 0.124. The van der Waals surface area contributed by atoms with Gasteiger partial charge in [-0.05, 0) is 18.9 Å². The van der Waals surface area contributed by atoms with E-state index in [0.29, 0.717) is 5.88 Å². The second-order valence-corrected chi connectivity index (χ2v) is 4.24. The molecule has 0 fully saturated rings. The Morgan fingerprint density at radius 3 is 2.65 bits per heavy atom. The Kier molecular flexibility index (Phi) is 4.75. The zero-order chi connectivity index (χ0) is 12.9. The lowest BCUT2D eigenvalue weighted by Crippen LogP contribution is -2.49. The van der Waals surface area contributed by atoms with Crippen molar-refractivity contribution < 1.29 is 9.90 Å². The SMILES string of the molecule is CCC(CC)(CCl)NC(=O)c1ccncc1O. The van der Waals surface area contributed by atoms with Crippen LogP contribution in [0.15, 0.2) is 18.5 Å². The zero-order valence-electron chi connectivity index (χ0n) is 10.0. The summed E-state index contributed by atoms with van der Waals surface area (Å²) in [4.78, 5) is 15.7. The van der Waals surface area contributed by atoms with E-state index in [9.17, 15) is 9.90 Å². The average molecular weight is 257 g/mol. The summed E-state index contributed by atoms with van der Waals surface area (Å²) in [6.07, 6.45) is 4.19. The van der Waals surface area contributed by atoms with Gasteiger partial charge in [-0.2, -0.15) is 0 Å². The number of carbonyl (C=O) groups is 1. The average Bonchev–Trinajstić information content (AvgIpc) is 2.36. The number of aromatic nitrogens is 1. The first-order chi connectivity index (χ1) is 8.08. The number of carbonyl (C=O) groups excluding carboxylic acids is 1. The molecule has 1 aromatic heterocycles. The molecule has 0 aliphatic carbocycles. The van der Waals surface area contributed by atoms with Gasteiger partial charge in [-0.25, -0.2) is 0 Å². The van der Waals surface area contributed by atoms with Crippen LogP contribution in [0.25, 0.3) is 0 Å². The Morgan fingerprint density at radius 1 is 1.53 bits per heavy atom. The molecule has 0 aliphatic rings. The molecule has 0 spiro atoms. The summed E-state index contributed by atoms with van der Waals surface area (Å²) in [6, 6.07) is 1.48. The number of nitrogens with zero attached hydrogens (tertiary/aromatic N) is 1. The fraction of sp³-hybridized carbons (Fsp3) is 0.500. The number of amides is 1. The lowest BCUT2D eigenvalue weighted by molar-refractivity contribution is 0.0899. The van der Waals surface area contributed by atoms with E-state index in [1.165, 1.54) is 18.5 Å². The minimum atomic E-state index is -0.422. The van der Waals surface area contributed by atoms with E-state index in [1.807, 2.05) is 13.8 Å². The van der Waals surface area contributed by atoms with Crippen molar-refractivity contribution in [3.8, 4) is 5.75 Å². The fourth-order valence-corrected chi connectivity index (χ4v) is 1.98. The molecule has 0 aromatic carbocycles. The molecule has 1 aromatic rings. The van der Waals surface area contributed by atoms with Gasteiger partial charge >= 0.3 is 0 Å². The molecule has 0 bridgehead atoms. The predicted molar refractivity (Wildman–Crippen MR) is 67.4 cm³/mol. The van der Waals surface area contributed by atoms with Crippen molar-refractivity contribution >= 4 is 17.5 Å². The molecule has 0 radical (unpaired) electrons. The maximum Gasteiger partial charge on any atom is 0.255 e. The van der Waals surface area contributed by atoms with Crippen LogP contribution in [-0.4, -0.2) is 27.4 Å². The van der Waals surface area contributed by atoms with Crippen molar-refractivity contribution in [2.24, 2.45) is 0 Å². The van der Waals surface area contributed by atoms with Crippen LogP contribution < -0.4 is 5.32 Å². The summed E-state index contributed by atoms with van der Waals surface area (Å²) in [5.74, 6) is -0.104. The van der Waals surface area contributed by atoms with E-state index in [0.717, 1.165) is 12.8 Å². The highest BCUT2D eigenvalue weighted by molar-refractivity contribution is 6.19. The third-order valence-electron chi connectivity index (χ3n) is 3.03. The number of pyridine rings is 1. The van der Waals surface area contributed by atoms with Crippen LogP contribution in [0.1, 0.15) is 37.0 Å². The largest absolute Gasteiger partial charge is 0.505 e. The van der Waals surface area contributed by atoms with Crippen LogP contribution in [0.4, 0.5) is 0 Å². The highest BCUT2D eigenvalue weighted by atomic mass is 35.5. The Hall–Kier alpha value is -1.29. The number of halogens is 1. The first-order valence-corrected chi connectivity index (χ1v) is 6.13. The van der Waals surface area contributed by atoms with E-state index in [4.69, 9.17) is 11.6 Å². The second kappa shape index (κ2) is 5.87. The number of aromatic hydroxyl groups is 1. The summed E-state index contributed by atoms with van der Waals surface area (Å²) >= 11 is 5.91. The van der Waals surface area contributed by atoms with Crippen molar-refractivity contribution in [2.75, 3.05) is 5.88 Å². The molecule has 2 N–H and O–H groups in total. The first-order valence-electron chi connectivity index (χ1n) is 5.60. The number of alkyl halides is 1. The van der Waals surface area contributed by atoms with Crippen LogP contribution in [0.2, 0.25) is 0 Å². The van der Waals surface area contributed by atoms with Gasteiger partial charge in [-0.15, -0.1) is 11.6 Å². The van der Waals surface area contributed by atoms with E-state index < -0.39 is 5.54 Å². The third kappa shape index (κ3) is 3.09. The van der Waals surface area contributed by atoms with Crippen LogP contribution >= 0.6 is 11.6 Å². The molecule has 1 heterocycles. The smallest absolute Gasteiger partial charge is 0.255 e. The topological polar surface area (TPSA) is 62.2 Å².